The number of carboxylic acids is 1. The van der Waals surface area contributed by atoms with Crippen LogP contribution in [0.2, 0.25) is 0 Å². The van der Waals surface area contributed by atoms with Crippen LogP contribution in [0.25, 0.3) is 0 Å². The number of amides is 1. The molecule has 1 amide bonds. The molecule has 1 saturated heterocycles. The van der Waals surface area contributed by atoms with Crippen molar-refractivity contribution in [2.75, 3.05) is 19.6 Å². The van der Waals surface area contributed by atoms with Gasteiger partial charge in [0.15, 0.2) is 0 Å². The molecule has 1 aromatic rings. The van der Waals surface area contributed by atoms with E-state index in [1.807, 2.05) is 22.6 Å². The first-order valence-electron chi connectivity index (χ1n) is 8.85. The summed E-state index contributed by atoms with van der Waals surface area (Å²) in [5.41, 5.74) is 1.90. The third-order valence-corrected chi connectivity index (χ3v) is 5.01. The predicted molar refractivity (Wildman–Crippen MR) is 88.5 cm³/mol. The smallest absolute Gasteiger partial charge is 0.303 e. The van der Waals surface area contributed by atoms with Crippen molar-refractivity contribution in [2.45, 2.75) is 58.2 Å². The Morgan fingerprint density at radius 1 is 1.21 bits per heavy atom. The first-order chi connectivity index (χ1) is 11.5. The fraction of sp³-hybridized carbons (Fsp3) is 0.706. The van der Waals surface area contributed by atoms with Gasteiger partial charge in [0.25, 0.3) is 0 Å². The van der Waals surface area contributed by atoms with Gasteiger partial charge in [-0.15, -0.1) is 0 Å². The number of carbonyl (C=O) groups is 2. The summed E-state index contributed by atoms with van der Waals surface area (Å²) in [4.78, 5) is 27.6. The zero-order valence-corrected chi connectivity index (χ0v) is 14.3. The van der Waals surface area contributed by atoms with Crippen LogP contribution >= 0.6 is 0 Å². The van der Waals surface area contributed by atoms with Crippen LogP contribution in [0.4, 0.5) is 0 Å². The van der Waals surface area contributed by atoms with Crippen molar-refractivity contribution in [1.29, 1.82) is 0 Å². The average Bonchev–Trinajstić information content (AvgIpc) is 3.17. The quantitative estimate of drug-likeness (QED) is 0.873. The highest BCUT2D eigenvalue weighted by Gasteiger charge is 2.29. The first kappa shape index (κ1) is 17.0. The first-order valence-corrected chi connectivity index (χ1v) is 8.85. The zero-order valence-electron chi connectivity index (χ0n) is 14.3. The third-order valence-electron chi connectivity index (χ3n) is 5.01. The van der Waals surface area contributed by atoms with Crippen LogP contribution in [-0.2, 0) is 29.1 Å². The molecule has 132 valence electrons. The summed E-state index contributed by atoms with van der Waals surface area (Å²) in [5.74, 6) is -0.573. The third kappa shape index (κ3) is 3.77. The van der Waals surface area contributed by atoms with E-state index in [1.165, 1.54) is 0 Å². The van der Waals surface area contributed by atoms with Gasteiger partial charge in [-0.05, 0) is 32.3 Å². The van der Waals surface area contributed by atoms with Gasteiger partial charge in [0.05, 0.1) is 23.9 Å². The van der Waals surface area contributed by atoms with Crippen LogP contribution in [-0.4, -0.2) is 62.2 Å². The molecular formula is C17H26N4O3. The van der Waals surface area contributed by atoms with Crippen molar-refractivity contribution in [3.05, 3.63) is 17.5 Å². The molecule has 1 N–H and O–H groups in total. The molecule has 0 saturated carbocycles. The molecule has 0 unspecified atom stereocenters. The Hall–Kier alpha value is -1.89. The molecule has 1 aromatic heterocycles. The number of aromatic nitrogens is 2. The number of hydrogen-bond acceptors (Lipinski definition) is 4. The highest BCUT2D eigenvalue weighted by Crippen LogP contribution is 2.19. The Morgan fingerprint density at radius 3 is 2.67 bits per heavy atom. The Morgan fingerprint density at radius 2 is 1.96 bits per heavy atom. The minimum atomic E-state index is -0.801. The second-order valence-corrected chi connectivity index (χ2v) is 6.78. The lowest BCUT2D eigenvalue weighted by atomic mass is 10.2. The number of rotatable bonds is 5. The van der Waals surface area contributed by atoms with Crippen LogP contribution in [0.5, 0.6) is 0 Å². The van der Waals surface area contributed by atoms with Crippen molar-refractivity contribution in [1.82, 2.24) is 19.6 Å². The van der Waals surface area contributed by atoms with Gasteiger partial charge in [0, 0.05) is 39.1 Å². The number of aliphatic carboxylic acids is 1. The number of aryl methyl sites for hydroxylation is 2. The number of carbonyl (C=O) groups excluding carboxylic acids is 1. The van der Waals surface area contributed by atoms with Crippen LogP contribution in [0.15, 0.2) is 6.07 Å². The molecule has 24 heavy (non-hydrogen) atoms. The molecule has 1 fully saturated rings. The Labute approximate surface area is 142 Å². The normalized spacial score (nSPS) is 19.8. The van der Waals surface area contributed by atoms with Gasteiger partial charge in [-0.1, -0.05) is 0 Å². The molecule has 3 rings (SSSR count). The van der Waals surface area contributed by atoms with Gasteiger partial charge in [-0.2, -0.15) is 5.10 Å². The predicted octanol–water partition coefficient (Wildman–Crippen LogP) is 1.12. The average molecular weight is 334 g/mol. The Balaban J connectivity index is 1.66. The fourth-order valence-corrected chi connectivity index (χ4v) is 3.59. The number of hydrogen-bond donors (Lipinski definition) is 1. The van der Waals surface area contributed by atoms with Gasteiger partial charge in [0.2, 0.25) is 5.91 Å². The van der Waals surface area contributed by atoms with Crippen molar-refractivity contribution in [2.24, 2.45) is 0 Å². The lowest BCUT2D eigenvalue weighted by molar-refractivity contribution is -0.137. The van der Waals surface area contributed by atoms with Crippen molar-refractivity contribution >= 4 is 11.9 Å². The minimum absolute atomic E-state index is 0.101. The molecule has 0 bridgehead atoms. The van der Waals surface area contributed by atoms with Crippen LogP contribution in [0.3, 0.4) is 0 Å². The van der Waals surface area contributed by atoms with E-state index in [-0.39, 0.29) is 18.4 Å². The van der Waals surface area contributed by atoms with E-state index >= 15 is 0 Å². The minimum Gasteiger partial charge on any atom is -0.481 e. The summed E-state index contributed by atoms with van der Waals surface area (Å²) < 4.78 is 1.98. The number of fused-ring (bicyclic) bond motifs is 1. The SMILES string of the molecule is C[C@H](C(=O)N1CCCC1)N1CCCn2nc(CCC(=O)O)cc2C1. The maximum atomic E-state index is 12.6. The van der Waals surface area contributed by atoms with Gasteiger partial charge in [-0.3, -0.25) is 19.2 Å². The molecular weight excluding hydrogens is 308 g/mol. The van der Waals surface area contributed by atoms with Gasteiger partial charge in [0.1, 0.15) is 0 Å². The maximum Gasteiger partial charge on any atom is 0.303 e. The lowest BCUT2D eigenvalue weighted by Gasteiger charge is -2.29. The van der Waals surface area contributed by atoms with Gasteiger partial charge < -0.3 is 10.0 Å². The van der Waals surface area contributed by atoms with E-state index < -0.39 is 5.97 Å². The maximum absolute atomic E-state index is 12.6. The molecule has 2 aliphatic rings. The van der Waals surface area contributed by atoms with E-state index in [0.717, 1.165) is 56.8 Å². The molecule has 2 aliphatic heterocycles. The summed E-state index contributed by atoms with van der Waals surface area (Å²) in [6.07, 6.45) is 3.72. The summed E-state index contributed by atoms with van der Waals surface area (Å²) >= 11 is 0. The molecule has 7 heteroatoms. The molecule has 0 radical (unpaired) electrons. The molecule has 0 spiro atoms. The summed E-state index contributed by atoms with van der Waals surface area (Å²) in [7, 11) is 0. The molecule has 7 nitrogen and oxygen atoms in total. The summed E-state index contributed by atoms with van der Waals surface area (Å²) in [6.45, 7) is 6.17. The lowest BCUT2D eigenvalue weighted by Crippen LogP contribution is -2.46. The molecule has 0 aliphatic carbocycles. The summed E-state index contributed by atoms with van der Waals surface area (Å²) in [6, 6.07) is 1.88. The van der Waals surface area contributed by atoms with E-state index in [4.69, 9.17) is 5.11 Å². The number of likely N-dealkylation sites (tertiary alicyclic amines) is 1. The van der Waals surface area contributed by atoms with E-state index in [9.17, 15) is 9.59 Å². The standard InChI is InChI=1S/C17H26N4O3/c1-13(17(24)19-7-2-3-8-19)20-9-4-10-21-15(12-20)11-14(18-21)5-6-16(22)23/h11,13H,2-10,12H2,1H3,(H,22,23)/t13-/m1/s1. The number of carboxylic acid groups (broad SMARTS) is 1. The van der Waals surface area contributed by atoms with Crippen LogP contribution in [0.1, 0.15) is 44.0 Å². The molecule has 0 aromatic carbocycles. The van der Waals surface area contributed by atoms with E-state index in [2.05, 4.69) is 10.00 Å². The van der Waals surface area contributed by atoms with Crippen molar-refractivity contribution in [3.8, 4) is 0 Å². The Bertz CT molecular complexity index is 607. The monoisotopic (exact) mass is 334 g/mol. The van der Waals surface area contributed by atoms with Gasteiger partial charge in [-0.25, -0.2) is 0 Å². The zero-order chi connectivity index (χ0) is 17.1. The molecule has 1 atom stereocenters. The number of nitrogens with zero attached hydrogens (tertiary/aromatic N) is 4. The fourth-order valence-electron chi connectivity index (χ4n) is 3.59. The molecule has 3 heterocycles. The van der Waals surface area contributed by atoms with E-state index in [0.29, 0.717) is 13.0 Å². The van der Waals surface area contributed by atoms with Crippen molar-refractivity contribution in [3.63, 3.8) is 0 Å². The van der Waals surface area contributed by atoms with Gasteiger partial charge >= 0.3 is 5.97 Å². The highest BCUT2D eigenvalue weighted by atomic mass is 16.4. The topological polar surface area (TPSA) is 78.7 Å². The van der Waals surface area contributed by atoms with Crippen LogP contribution < -0.4 is 0 Å². The largest absolute Gasteiger partial charge is 0.481 e. The second kappa shape index (κ2) is 7.34. The van der Waals surface area contributed by atoms with Crippen molar-refractivity contribution < 1.29 is 14.7 Å². The second-order valence-electron chi connectivity index (χ2n) is 6.78. The highest BCUT2D eigenvalue weighted by molar-refractivity contribution is 5.81. The summed E-state index contributed by atoms with van der Waals surface area (Å²) in [5, 5.41) is 13.3. The van der Waals surface area contributed by atoms with Crippen LogP contribution in [0, 0.1) is 0 Å². The van der Waals surface area contributed by atoms with E-state index in [1.54, 1.807) is 0 Å². The Kier molecular flexibility index (Phi) is 5.18.